The standard InChI is InChI=1S/C33H25N2O4.2CH3.K/c1-18(2)34-30(36)26-12-9-21(16-28(26)32(34)38)22-10-13-27-29(17-22)33(39)35(31(27)37)23-11-14-25(20(4)15-23)24-8-6-5-7-19(24)3;;;/h6-18H,1-4H3;2*1H3;/q3*-1;+1. The number of carbonyl (C=O) groups excluding carboxylic acids is 4. The van der Waals surface area contributed by atoms with Crippen molar-refractivity contribution in [3.8, 4) is 22.3 Å². The van der Waals surface area contributed by atoms with Crippen LogP contribution in [0.1, 0.15) is 66.4 Å². The number of carbonyl (C=O) groups is 4. The second kappa shape index (κ2) is 12.6. The molecular formula is C35H31KN2O4-2. The Morgan fingerprint density at radius 1 is 0.595 bits per heavy atom. The minimum Gasteiger partial charge on any atom is -0.358 e. The van der Waals surface area contributed by atoms with E-state index in [0.717, 1.165) is 22.3 Å². The largest absolute Gasteiger partial charge is 1.00 e. The quantitative estimate of drug-likeness (QED) is 0.206. The van der Waals surface area contributed by atoms with Crippen LogP contribution in [0.4, 0.5) is 5.69 Å². The minimum atomic E-state index is -0.395. The smallest absolute Gasteiger partial charge is 0.358 e. The van der Waals surface area contributed by atoms with Crippen LogP contribution in [0.5, 0.6) is 0 Å². The van der Waals surface area contributed by atoms with Crippen LogP contribution >= 0.6 is 0 Å². The Bertz CT molecular complexity index is 1760. The molecule has 0 spiro atoms. The normalized spacial score (nSPS) is 13.5. The number of nitrogens with zero attached hydrogens (tertiary/aromatic N) is 2. The summed E-state index contributed by atoms with van der Waals surface area (Å²) in [4.78, 5) is 54.8. The maximum atomic E-state index is 13.5. The fraction of sp³-hybridized carbons (Fsp3) is 0.143. The predicted molar refractivity (Wildman–Crippen MR) is 162 cm³/mol. The summed E-state index contributed by atoms with van der Waals surface area (Å²) < 4.78 is 0. The van der Waals surface area contributed by atoms with Crippen molar-refractivity contribution in [2.24, 2.45) is 0 Å². The molecule has 0 saturated heterocycles. The van der Waals surface area contributed by atoms with Crippen LogP contribution in [-0.4, -0.2) is 34.6 Å². The average Bonchev–Trinajstić information content (AvgIpc) is 3.32. The third-order valence-corrected chi connectivity index (χ3v) is 7.48. The van der Waals surface area contributed by atoms with Gasteiger partial charge in [-0.25, -0.2) is 4.90 Å². The van der Waals surface area contributed by atoms with Crippen molar-refractivity contribution in [1.82, 2.24) is 4.90 Å². The van der Waals surface area contributed by atoms with Gasteiger partial charge in [-0.05, 0) is 79.4 Å². The molecule has 42 heavy (non-hydrogen) atoms. The summed E-state index contributed by atoms with van der Waals surface area (Å²) in [6.07, 6.45) is 0. The average molecular weight is 583 g/mol. The SMILES string of the molecule is Cc1c[c-]ccc1-c1ccc(N2C(=O)c3ccc(-c4ccc5c(c4)C(=O)N(C(C)C)C5=O)cc3C2=O)cc1C.[CH3-].[CH3-].[K+]. The van der Waals surface area contributed by atoms with Gasteiger partial charge >= 0.3 is 51.4 Å². The number of amides is 4. The van der Waals surface area contributed by atoms with Gasteiger partial charge < -0.3 is 14.9 Å². The van der Waals surface area contributed by atoms with Crippen molar-refractivity contribution in [3.05, 3.63) is 127 Å². The predicted octanol–water partition coefficient (Wildman–Crippen LogP) is 4.15. The van der Waals surface area contributed by atoms with Crippen LogP contribution in [0, 0.1) is 34.8 Å². The Labute approximate surface area is 290 Å². The van der Waals surface area contributed by atoms with E-state index >= 15 is 0 Å². The third-order valence-electron chi connectivity index (χ3n) is 7.48. The van der Waals surface area contributed by atoms with Gasteiger partial charge in [0.15, 0.2) is 0 Å². The maximum Gasteiger partial charge on any atom is 1.00 e. The first-order valence-corrected chi connectivity index (χ1v) is 12.8. The molecule has 0 bridgehead atoms. The number of rotatable bonds is 4. The molecule has 208 valence electrons. The van der Waals surface area contributed by atoms with Gasteiger partial charge in [-0.15, -0.1) is 5.56 Å². The van der Waals surface area contributed by atoms with Crippen LogP contribution < -0.4 is 56.3 Å². The molecule has 0 radical (unpaired) electrons. The maximum absolute atomic E-state index is 13.5. The van der Waals surface area contributed by atoms with Crippen LogP contribution in [0.25, 0.3) is 22.3 Å². The first-order valence-electron chi connectivity index (χ1n) is 12.8. The van der Waals surface area contributed by atoms with Gasteiger partial charge in [0.25, 0.3) is 23.6 Å². The van der Waals surface area contributed by atoms with E-state index in [4.69, 9.17) is 0 Å². The van der Waals surface area contributed by atoms with Crippen molar-refractivity contribution in [2.45, 2.75) is 33.7 Å². The molecule has 0 saturated carbocycles. The third kappa shape index (κ3) is 5.25. The van der Waals surface area contributed by atoms with E-state index in [9.17, 15) is 19.2 Å². The molecule has 2 aliphatic heterocycles. The summed E-state index contributed by atoms with van der Waals surface area (Å²) in [5.41, 5.74) is 7.40. The van der Waals surface area contributed by atoms with Gasteiger partial charge in [-0.1, -0.05) is 25.1 Å². The summed E-state index contributed by atoms with van der Waals surface area (Å²) in [5, 5.41) is 0. The van der Waals surface area contributed by atoms with Crippen molar-refractivity contribution < 1.29 is 70.6 Å². The molecular weight excluding hydrogens is 551 g/mol. The molecule has 4 amide bonds. The van der Waals surface area contributed by atoms with Crippen LogP contribution in [0.2, 0.25) is 0 Å². The van der Waals surface area contributed by atoms with E-state index in [1.165, 1.54) is 9.80 Å². The Kier molecular flexibility index (Phi) is 9.97. The van der Waals surface area contributed by atoms with Crippen LogP contribution in [-0.2, 0) is 0 Å². The summed E-state index contributed by atoms with van der Waals surface area (Å²) in [6, 6.07) is 24.4. The summed E-state index contributed by atoms with van der Waals surface area (Å²) in [7, 11) is 0. The van der Waals surface area contributed by atoms with E-state index in [1.807, 2.05) is 44.2 Å². The van der Waals surface area contributed by atoms with Gasteiger partial charge in [0.2, 0.25) is 0 Å². The Morgan fingerprint density at radius 2 is 1.10 bits per heavy atom. The molecule has 6 rings (SSSR count). The molecule has 6 nitrogen and oxygen atoms in total. The zero-order valence-electron chi connectivity index (χ0n) is 25.0. The molecule has 0 atom stereocenters. The topological polar surface area (TPSA) is 74.8 Å². The first-order chi connectivity index (χ1) is 18.7. The summed E-state index contributed by atoms with van der Waals surface area (Å²) >= 11 is 0. The molecule has 0 N–H and O–H groups in total. The molecule has 0 unspecified atom stereocenters. The second-order valence-corrected chi connectivity index (χ2v) is 10.3. The molecule has 4 aromatic rings. The zero-order valence-corrected chi connectivity index (χ0v) is 28.2. The van der Waals surface area contributed by atoms with Crippen LogP contribution in [0.15, 0.2) is 72.8 Å². The fourth-order valence-electron chi connectivity index (χ4n) is 5.47. The van der Waals surface area contributed by atoms with Crippen molar-refractivity contribution in [3.63, 3.8) is 0 Å². The van der Waals surface area contributed by atoms with Crippen LogP contribution in [0.3, 0.4) is 0 Å². The van der Waals surface area contributed by atoms with Crippen molar-refractivity contribution in [1.29, 1.82) is 0 Å². The van der Waals surface area contributed by atoms with E-state index in [0.29, 0.717) is 39.1 Å². The number of imide groups is 2. The van der Waals surface area contributed by atoms with Gasteiger partial charge in [0, 0.05) is 6.04 Å². The molecule has 0 aromatic heterocycles. The minimum absolute atomic E-state index is 0. The number of aryl methyl sites for hydroxylation is 2. The Balaban J connectivity index is 0.00000161. The molecule has 2 aliphatic rings. The Hall–Kier alpha value is -3.20. The molecule has 0 fully saturated rings. The molecule has 7 heteroatoms. The van der Waals surface area contributed by atoms with Gasteiger partial charge in [0.05, 0.1) is 27.9 Å². The van der Waals surface area contributed by atoms with E-state index in [2.05, 4.69) is 6.07 Å². The second-order valence-electron chi connectivity index (χ2n) is 10.3. The number of benzene rings is 4. The van der Waals surface area contributed by atoms with Crippen molar-refractivity contribution >= 4 is 29.3 Å². The molecule has 4 aromatic carbocycles. The Morgan fingerprint density at radius 3 is 1.67 bits per heavy atom. The fourth-order valence-corrected chi connectivity index (χ4v) is 5.47. The number of anilines is 1. The zero-order chi connectivity index (χ0) is 27.6. The van der Waals surface area contributed by atoms with E-state index in [1.54, 1.807) is 56.3 Å². The van der Waals surface area contributed by atoms with E-state index < -0.39 is 5.91 Å². The van der Waals surface area contributed by atoms with Crippen molar-refractivity contribution in [2.75, 3.05) is 4.90 Å². The van der Waals surface area contributed by atoms with Gasteiger partial charge in [-0.2, -0.15) is 29.8 Å². The monoisotopic (exact) mass is 582 g/mol. The summed E-state index contributed by atoms with van der Waals surface area (Å²) in [5.74, 6) is -1.40. The molecule has 2 heterocycles. The van der Waals surface area contributed by atoms with E-state index in [-0.39, 0.29) is 90.0 Å². The number of hydrogen-bond acceptors (Lipinski definition) is 4. The summed E-state index contributed by atoms with van der Waals surface area (Å²) in [6.45, 7) is 7.59. The number of hydrogen-bond donors (Lipinski definition) is 0. The van der Waals surface area contributed by atoms with Gasteiger partial charge in [0.1, 0.15) is 0 Å². The van der Waals surface area contributed by atoms with Gasteiger partial charge in [-0.3, -0.25) is 24.1 Å². The number of fused-ring (bicyclic) bond motifs is 2. The molecule has 0 aliphatic carbocycles. The first kappa shape index (κ1) is 33.3.